The number of carbonyl (C=O) groups is 2. The maximum absolute atomic E-state index is 14.1. The van der Waals surface area contributed by atoms with Crippen molar-refractivity contribution in [2.45, 2.75) is 57.1 Å². The van der Waals surface area contributed by atoms with Crippen molar-refractivity contribution < 1.29 is 18.0 Å². The quantitative estimate of drug-likeness (QED) is 0.261. The predicted octanol–water partition coefficient (Wildman–Crippen LogP) is 6.67. The molecule has 0 heterocycles. The number of sulfonamides is 1. The maximum atomic E-state index is 14.1. The number of benzene rings is 3. The van der Waals surface area contributed by atoms with E-state index in [-0.39, 0.29) is 29.5 Å². The van der Waals surface area contributed by atoms with Crippen LogP contribution in [0.3, 0.4) is 0 Å². The van der Waals surface area contributed by atoms with Crippen LogP contribution in [0.4, 0.5) is 5.69 Å². The van der Waals surface area contributed by atoms with Crippen molar-refractivity contribution in [2.75, 3.05) is 10.8 Å². The van der Waals surface area contributed by atoms with E-state index in [1.54, 1.807) is 67.6 Å². The molecule has 0 aliphatic carbocycles. The first-order chi connectivity index (χ1) is 18.7. The van der Waals surface area contributed by atoms with Gasteiger partial charge in [-0.2, -0.15) is 0 Å². The molecule has 2 amide bonds. The molecule has 0 spiro atoms. The van der Waals surface area contributed by atoms with E-state index in [0.29, 0.717) is 20.1 Å². The zero-order valence-corrected chi connectivity index (χ0v) is 26.6. The van der Waals surface area contributed by atoms with E-state index in [2.05, 4.69) is 21.2 Å². The Bertz CT molecular complexity index is 1440. The molecule has 40 heavy (non-hydrogen) atoms. The molecule has 0 aliphatic rings. The van der Waals surface area contributed by atoms with Gasteiger partial charge in [0.1, 0.15) is 12.6 Å². The van der Waals surface area contributed by atoms with Gasteiger partial charge in [-0.3, -0.25) is 13.9 Å². The van der Waals surface area contributed by atoms with Gasteiger partial charge in [-0.15, -0.1) is 0 Å². The Hall–Kier alpha value is -2.59. The zero-order valence-electron chi connectivity index (χ0n) is 22.7. The highest BCUT2D eigenvalue weighted by atomic mass is 79.9. The van der Waals surface area contributed by atoms with E-state index in [0.717, 1.165) is 4.31 Å². The third-order valence-corrected chi connectivity index (χ3v) is 8.97. The molecule has 214 valence electrons. The standard InChI is InChI=1S/C29H32BrCl2N3O4S/c1-5-26(28(37)33-29(2,3)4)34(18-23-24(31)15-10-16-25(23)32)27(36)19-35(21-12-9-11-20(30)17-21)40(38,39)22-13-7-6-8-14-22/h6-17,26H,5,18-19H2,1-4H3,(H,33,37). The second kappa shape index (κ2) is 13.4. The van der Waals surface area contributed by atoms with Crippen LogP contribution >= 0.6 is 39.1 Å². The number of nitrogens with one attached hydrogen (secondary N) is 1. The van der Waals surface area contributed by atoms with Gasteiger partial charge in [0.05, 0.1) is 10.6 Å². The molecule has 1 unspecified atom stereocenters. The average Bonchev–Trinajstić information content (AvgIpc) is 2.88. The molecule has 1 atom stereocenters. The van der Waals surface area contributed by atoms with Crippen LogP contribution in [0.2, 0.25) is 10.0 Å². The first-order valence-corrected chi connectivity index (χ1v) is 15.6. The Kier molecular flexibility index (Phi) is 10.7. The van der Waals surface area contributed by atoms with Gasteiger partial charge >= 0.3 is 0 Å². The Balaban J connectivity index is 2.11. The fourth-order valence-corrected chi connectivity index (χ4v) is 6.44. The van der Waals surface area contributed by atoms with Gasteiger partial charge in [-0.05, 0) is 69.7 Å². The normalized spacial score (nSPS) is 12.5. The van der Waals surface area contributed by atoms with Gasteiger partial charge < -0.3 is 10.2 Å². The average molecular weight is 669 g/mol. The highest BCUT2D eigenvalue weighted by Crippen LogP contribution is 2.29. The summed E-state index contributed by atoms with van der Waals surface area (Å²) in [5.74, 6) is -0.960. The van der Waals surface area contributed by atoms with Gasteiger partial charge in [0.2, 0.25) is 11.8 Å². The highest BCUT2D eigenvalue weighted by molar-refractivity contribution is 9.10. The summed E-state index contributed by atoms with van der Waals surface area (Å²) in [5, 5.41) is 3.59. The second-order valence-electron chi connectivity index (χ2n) is 10.2. The summed E-state index contributed by atoms with van der Waals surface area (Å²) in [7, 11) is -4.16. The molecule has 0 bridgehead atoms. The number of rotatable bonds is 10. The molecule has 0 radical (unpaired) electrons. The molecule has 7 nitrogen and oxygen atoms in total. The number of halogens is 3. The minimum absolute atomic E-state index is 0.0287. The van der Waals surface area contributed by atoms with Crippen molar-refractivity contribution in [3.8, 4) is 0 Å². The molecule has 0 saturated heterocycles. The van der Waals surface area contributed by atoms with E-state index in [1.807, 2.05) is 20.8 Å². The van der Waals surface area contributed by atoms with Gasteiger partial charge in [-0.1, -0.05) is 76.4 Å². The van der Waals surface area contributed by atoms with Crippen LogP contribution in [-0.2, 0) is 26.2 Å². The molecule has 3 rings (SSSR count). The SMILES string of the molecule is CCC(C(=O)NC(C)(C)C)N(Cc1c(Cl)cccc1Cl)C(=O)CN(c1cccc(Br)c1)S(=O)(=O)c1ccccc1. The number of hydrogen-bond donors (Lipinski definition) is 1. The Morgan fingerprint density at radius 3 is 2.10 bits per heavy atom. The van der Waals surface area contributed by atoms with Crippen LogP contribution in [0.1, 0.15) is 39.7 Å². The predicted molar refractivity (Wildman–Crippen MR) is 164 cm³/mol. The Morgan fingerprint density at radius 2 is 1.55 bits per heavy atom. The lowest BCUT2D eigenvalue weighted by molar-refractivity contribution is -0.141. The molecule has 11 heteroatoms. The number of hydrogen-bond acceptors (Lipinski definition) is 4. The summed E-state index contributed by atoms with van der Waals surface area (Å²) in [6.07, 6.45) is 0.276. The van der Waals surface area contributed by atoms with Crippen LogP contribution in [0.5, 0.6) is 0 Å². The lowest BCUT2D eigenvalue weighted by Crippen LogP contribution is -2.55. The molecular weight excluding hydrogens is 637 g/mol. The molecule has 0 aliphatic heterocycles. The number of anilines is 1. The summed E-state index contributed by atoms with van der Waals surface area (Å²) in [5.41, 5.74) is 0.191. The van der Waals surface area contributed by atoms with Gasteiger partial charge in [0.25, 0.3) is 10.0 Å². The molecule has 0 aromatic heterocycles. The number of nitrogens with zero attached hydrogens (tertiary/aromatic N) is 2. The van der Waals surface area contributed by atoms with Crippen molar-refractivity contribution in [3.63, 3.8) is 0 Å². The summed E-state index contributed by atoms with van der Waals surface area (Å²) in [6.45, 7) is 6.66. The lowest BCUT2D eigenvalue weighted by Gasteiger charge is -2.35. The molecule has 3 aromatic rings. The summed E-state index contributed by atoms with van der Waals surface area (Å²) in [4.78, 5) is 28.9. The van der Waals surface area contributed by atoms with Gasteiger partial charge in [0, 0.05) is 32.2 Å². The fraction of sp³-hybridized carbons (Fsp3) is 0.310. The van der Waals surface area contributed by atoms with Crippen LogP contribution in [0.25, 0.3) is 0 Å². The van der Waals surface area contributed by atoms with Crippen molar-refractivity contribution in [3.05, 3.63) is 92.9 Å². The van der Waals surface area contributed by atoms with E-state index < -0.39 is 34.1 Å². The van der Waals surface area contributed by atoms with E-state index >= 15 is 0 Å². The van der Waals surface area contributed by atoms with Crippen molar-refractivity contribution in [2.24, 2.45) is 0 Å². The van der Waals surface area contributed by atoms with Gasteiger partial charge in [-0.25, -0.2) is 8.42 Å². The molecule has 1 N–H and O–H groups in total. The number of amides is 2. The fourth-order valence-electron chi connectivity index (χ4n) is 4.11. The molecule has 3 aromatic carbocycles. The third-order valence-electron chi connectivity index (χ3n) is 5.98. The monoisotopic (exact) mass is 667 g/mol. The van der Waals surface area contributed by atoms with E-state index in [1.165, 1.54) is 17.0 Å². The second-order valence-corrected chi connectivity index (χ2v) is 13.8. The van der Waals surface area contributed by atoms with Gasteiger partial charge in [0.15, 0.2) is 0 Å². The first-order valence-electron chi connectivity index (χ1n) is 12.6. The van der Waals surface area contributed by atoms with Crippen molar-refractivity contribution in [1.29, 1.82) is 0 Å². The lowest BCUT2D eigenvalue weighted by atomic mass is 10.1. The van der Waals surface area contributed by atoms with Crippen LogP contribution in [-0.4, -0.2) is 43.3 Å². The Morgan fingerprint density at radius 1 is 0.950 bits per heavy atom. The summed E-state index contributed by atoms with van der Waals surface area (Å²) < 4.78 is 29.4. The van der Waals surface area contributed by atoms with E-state index in [4.69, 9.17) is 23.2 Å². The molecular formula is C29H32BrCl2N3O4S. The largest absolute Gasteiger partial charge is 0.350 e. The van der Waals surface area contributed by atoms with Crippen molar-refractivity contribution in [1.82, 2.24) is 10.2 Å². The molecule has 0 fully saturated rings. The van der Waals surface area contributed by atoms with Crippen LogP contribution < -0.4 is 9.62 Å². The topological polar surface area (TPSA) is 86.8 Å². The zero-order chi connectivity index (χ0) is 29.7. The van der Waals surface area contributed by atoms with Crippen LogP contribution in [0, 0.1) is 0 Å². The number of carbonyl (C=O) groups excluding carboxylic acids is 2. The summed E-state index contributed by atoms with van der Waals surface area (Å²) >= 11 is 16.3. The Labute approximate surface area is 254 Å². The minimum atomic E-state index is -4.16. The summed E-state index contributed by atoms with van der Waals surface area (Å²) in [6, 6.07) is 18.6. The minimum Gasteiger partial charge on any atom is -0.350 e. The maximum Gasteiger partial charge on any atom is 0.264 e. The molecule has 0 saturated carbocycles. The van der Waals surface area contributed by atoms with E-state index in [9.17, 15) is 18.0 Å². The smallest absolute Gasteiger partial charge is 0.264 e. The first kappa shape index (κ1) is 31.9. The van der Waals surface area contributed by atoms with Crippen LogP contribution in [0.15, 0.2) is 82.2 Å². The highest BCUT2D eigenvalue weighted by Gasteiger charge is 2.35. The van der Waals surface area contributed by atoms with Crippen molar-refractivity contribution >= 4 is 66.7 Å². The third kappa shape index (κ3) is 8.00.